The van der Waals surface area contributed by atoms with E-state index in [1.54, 1.807) is 0 Å². The van der Waals surface area contributed by atoms with Crippen molar-refractivity contribution in [2.75, 3.05) is 0 Å². The van der Waals surface area contributed by atoms with E-state index < -0.39 is 6.04 Å². The molecule has 1 aliphatic heterocycles. The lowest BCUT2D eigenvalue weighted by atomic mass is 9.98. The van der Waals surface area contributed by atoms with Gasteiger partial charge in [0.25, 0.3) is 5.91 Å². The Morgan fingerprint density at radius 2 is 1.93 bits per heavy atom. The molecule has 1 heterocycles. The maximum absolute atomic E-state index is 11.3. The Bertz CT molecular complexity index is 357. The van der Waals surface area contributed by atoms with Gasteiger partial charge in [-0.3, -0.25) is 10.2 Å². The van der Waals surface area contributed by atoms with E-state index in [0.29, 0.717) is 0 Å². The predicted molar refractivity (Wildman–Crippen MR) is 61.2 cm³/mol. The number of rotatable bonds is 1. The fourth-order valence-electron chi connectivity index (χ4n) is 1.59. The van der Waals surface area contributed by atoms with Crippen molar-refractivity contribution in [1.82, 2.24) is 10.9 Å². The number of carbonyl (C=O) groups excluding carboxylic acids is 1. The summed E-state index contributed by atoms with van der Waals surface area (Å²) in [6.07, 6.45) is 0. The van der Waals surface area contributed by atoms with Crippen LogP contribution in [0.4, 0.5) is 0 Å². The van der Waals surface area contributed by atoms with Gasteiger partial charge >= 0.3 is 0 Å². The standard InChI is InChI=1S/C10H12BrN3O/c11-7-8(12)10(15)14-13-9(7)6-4-2-1-3-5-6/h1-5,7-9,13H,12H2,(H,14,15). The highest BCUT2D eigenvalue weighted by molar-refractivity contribution is 9.09. The highest BCUT2D eigenvalue weighted by Crippen LogP contribution is 2.26. The molecule has 1 aliphatic rings. The van der Waals surface area contributed by atoms with Crippen molar-refractivity contribution in [2.24, 2.45) is 5.73 Å². The van der Waals surface area contributed by atoms with E-state index in [1.807, 2.05) is 30.3 Å². The first-order valence-electron chi connectivity index (χ1n) is 4.70. The van der Waals surface area contributed by atoms with E-state index in [2.05, 4.69) is 26.8 Å². The van der Waals surface area contributed by atoms with Crippen LogP contribution in [0.2, 0.25) is 0 Å². The molecule has 0 radical (unpaired) electrons. The van der Waals surface area contributed by atoms with Gasteiger partial charge in [-0.25, -0.2) is 5.43 Å². The number of halogens is 1. The lowest BCUT2D eigenvalue weighted by Gasteiger charge is -2.33. The zero-order valence-corrected chi connectivity index (χ0v) is 9.57. The van der Waals surface area contributed by atoms with Crippen LogP contribution in [0, 0.1) is 0 Å². The molecule has 1 aromatic rings. The van der Waals surface area contributed by atoms with Crippen molar-refractivity contribution >= 4 is 21.8 Å². The Balaban J connectivity index is 2.21. The van der Waals surface area contributed by atoms with Gasteiger partial charge in [0, 0.05) is 0 Å². The van der Waals surface area contributed by atoms with E-state index in [4.69, 9.17) is 5.73 Å². The number of hydrogen-bond acceptors (Lipinski definition) is 3. The second kappa shape index (κ2) is 4.30. The van der Waals surface area contributed by atoms with Crippen LogP contribution in [-0.2, 0) is 4.79 Å². The van der Waals surface area contributed by atoms with Gasteiger partial charge in [-0.05, 0) is 5.56 Å². The summed E-state index contributed by atoms with van der Waals surface area (Å²) >= 11 is 3.45. The fourth-order valence-corrected chi connectivity index (χ4v) is 2.27. The molecule has 0 aromatic heterocycles. The molecule has 1 amide bonds. The van der Waals surface area contributed by atoms with E-state index in [-0.39, 0.29) is 16.8 Å². The average molecular weight is 270 g/mol. The van der Waals surface area contributed by atoms with E-state index in [0.717, 1.165) is 5.56 Å². The van der Waals surface area contributed by atoms with Crippen LogP contribution in [0.1, 0.15) is 11.6 Å². The van der Waals surface area contributed by atoms with Crippen molar-refractivity contribution in [3.63, 3.8) is 0 Å². The third kappa shape index (κ3) is 2.04. The minimum atomic E-state index is -0.531. The molecular formula is C10H12BrN3O. The van der Waals surface area contributed by atoms with E-state index in [9.17, 15) is 4.79 Å². The number of amides is 1. The molecule has 15 heavy (non-hydrogen) atoms. The number of nitrogens with two attached hydrogens (primary N) is 1. The maximum atomic E-state index is 11.3. The number of hydrogen-bond donors (Lipinski definition) is 3. The highest BCUT2D eigenvalue weighted by Gasteiger charge is 2.35. The van der Waals surface area contributed by atoms with Crippen LogP contribution < -0.4 is 16.6 Å². The van der Waals surface area contributed by atoms with Crippen molar-refractivity contribution < 1.29 is 4.79 Å². The van der Waals surface area contributed by atoms with Crippen LogP contribution in [-0.4, -0.2) is 16.8 Å². The normalized spacial score (nSPS) is 31.1. The molecule has 1 aromatic carbocycles. The maximum Gasteiger partial charge on any atom is 0.252 e. The second-order valence-corrected chi connectivity index (χ2v) is 4.55. The molecule has 0 bridgehead atoms. The fraction of sp³-hybridized carbons (Fsp3) is 0.300. The monoisotopic (exact) mass is 269 g/mol. The van der Waals surface area contributed by atoms with Crippen LogP contribution in [0.15, 0.2) is 30.3 Å². The van der Waals surface area contributed by atoms with Gasteiger partial charge in [0.2, 0.25) is 0 Å². The Morgan fingerprint density at radius 1 is 1.27 bits per heavy atom. The Morgan fingerprint density at radius 3 is 2.60 bits per heavy atom. The van der Waals surface area contributed by atoms with Gasteiger partial charge in [0.15, 0.2) is 0 Å². The average Bonchev–Trinajstić information content (AvgIpc) is 2.27. The Kier molecular flexibility index (Phi) is 3.04. The molecule has 0 saturated carbocycles. The number of benzene rings is 1. The van der Waals surface area contributed by atoms with E-state index >= 15 is 0 Å². The van der Waals surface area contributed by atoms with Crippen LogP contribution in [0.3, 0.4) is 0 Å². The van der Waals surface area contributed by atoms with Gasteiger partial charge in [-0.1, -0.05) is 46.3 Å². The Labute approximate surface area is 96.3 Å². The van der Waals surface area contributed by atoms with Crippen molar-refractivity contribution in [3.8, 4) is 0 Å². The number of alkyl halides is 1. The predicted octanol–water partition coefficient (Wildman–Crippen LogP) is 0.453. The molecule has 1 saturated heterocycles. The topological polar surface area (TPSA) is 67.2 Å². The molecular weight excluding hydrogens is 258 g/mol. The minimum Gasteiger partial charge on any atom is -0.319 e. The molecule has 4 N–H and O–H groups in total. The highest BCUT2D eigenvalue weighted by atomic mass is 79.9. The van der Waals surface area contributed by atoms with Crippen molar-refractivity contribution in [2.45, 2.75) is 16.9 Å². The summed E-state index contributed by atoms with van der Waals surface area (Å²) in [4.78, 5) is 11.1. The van der Waals surface area contributed by atoms with Crippen LogP contribution >= 0.6 is 15.9 Å². The largest absolute Gasteiger partial charge is 0.319 e. The van der Waals surface area contributed by atoms with Gasteiger partial charge in [-0.2, -0.15) is 0 Å². The number of hydrazine groups is 1. The third-order valence-electron chi connectivity index (χ3n) is 2.47. The summed E-state index contributed by atoms with van der Waals surface area (Å²) in [5.41, 5.74) is 12.3. The summed E-state index contributed by atoms with van der Waals surface area (Å²) in [5.74, 6) is -0.191. The second-order valence-electron chi connectivity index (χ2n) is 3.49. The van der Waals surface area contributed by atoms with Crippen molar-refractivity contribution in [3.05, 3.63) is 35.9 Å². The zero-order valence-electron chi connectivity index (χ0n) is 7.98. The summed E-state index contributed by atoms with van der Waals surface area (Å²) in [7, 11) is 0. The molecule has 4 nitrogen and oxygen atoms in total. The van der Waals surface area contributed by atoms with Crippen LogP contribution in [0.25, 0.3) is 0 Å². The molecule has 0 aliphatic carbocycles. The number of carbonyl (C=O) groups is 1. The first-order chi connectivity index (χ1) is 7.20. The molecule has 3 unspecified atom stereocenters. The summed E-state index contributed by atoms with van der Waals surface area (Å²) in [5, 5.41) is 0. The number of nitrogens with one attached hydrogen (secondary N) is 2. The summed E-state index contributed by atoms with van der Waals surface area (Å²) < 4.78 is 0. The van der Waals surface area contributed by atoms with Crippen LogP contribution in [0.5, 0.6) is 0 Å². The zero-order chi connectivity index (χ0) is 10.8. The molecule has 3 atom stereocenters. The smallest absolute Gasteiger partial charge is 0.252 e. The third-order valence-corrected chi connectivity index (χ3v) is 3.57. The minimum absolute atomic E-state index is 0.00102. The molecule has 80 valence electrons. The summed E-state index contributed by atoms with van der Waals surface area (Å²) in [6, 6.07) is 9.33. The first kappa shape index (κ1) is 10.6. The molecule has 0 spiro atoms. The lowest BCUT2D eigenvalue weighted by molar-refractivity contribution is -0.125. The quantitative estimate of drug-likeness (QED) is 0.649. The molecule has 1 fully saturated rings. The summed E-state index contributed by atoms with van der Waals surface area (Å²) in [6.45, 7) is 0. The lowest BCUT2D eigenvalue weighted by Crippen LogP contribution is -2.61. The Hall–Kier alpha value is -0.910. The van der Waals surface area contributed by atoms with Crippen molar-refractivity contribution in [1.29, 1.82) is 0 Å². The van der Waals surface area contributed by atoms with E-state index in [1.165, 1.54) is 0 Å². The molecule has 2 rings (SSSR count). The van der Waals surface area contributed by atoms with Gasteiger partial charge in [0.1, 0.15) is 6.04 Å². The van der Waals surface area contributed by atoms with Gasteiger partial charge in [-0.15, -0.1) is 0 Å². The van der Waals surface area contributed by atoms with Gasteiger partial charge in [0.05, 0.1) is 10.9 Å². The first-order valence-corrected chi connectivity index (χ1v) is 5.61. The SMILES string of the molecule is NC1C(=O)NNC(c2ccccc2)C1Br. The van der Waals surface area contributed by atoms with Gasteiger partial charge < -0.3 is 5.73 Å². The molecule has 5 heteroatoms.